The summed E-state index contributed by atoms with van der Waals surface area (Å²) in [5.74, 6) is -5.39. The molecule has 23 heavy (non-hydrogen) atoms. The molecule has 0 aromatic rings. The Labute approximate surface area is 134 Å². The fourth-order valence-electron chi connectivity index (χ4n) is 4.26. The van der Waals surface area contributed by atoms with Crippen LogP contribution >= 0.6 is 0 Å². The predicted molar refractivity (Wildman–Crippen MR) is 78.0 cm³/mol. The maximum atomic E-state index is 14.7. The number of aliphatic hydroxyl groups excluding tert-OH is 1. The predicted octanol–water partition coefficient (Wildman–Crippen LogP) is 1.32. The van der Waals surface area contributed by atoms with E-state index in [2.05, 4.69) is 0 Å². The number of hydrogen-bond donors (Lipinski definition) is 2. The van der Waals surface area contributed by atoms with Gasteiger partial charge >= 0.3 is 5.92 Å². The van der Waals surface area contributed by atoms with Crippen molar-refractivity contribution in [3.8, 4) is 0 Å². The van der Waals surface area contributed by atoms with Crippen LogP contribution in [0.25, 0.3) is 0 Å². The summed E-state index contributed by atoms with van der Waals surface area (Å²) in [6.07, 6.45) is 1.99. The smallest absolute Gasteiger partial charge is 0.352 e. The van der Waals surface area contributed by atoms with Gasteiger partial charge in [-0.2, -0.15) is 8.78 Å². The molecule has 3 atom stereocenters. The third-order valence-electron chi connectivity index (χ3n) is 5.70. The minimum absolute atomic E-state index is 0.0423. The summed E-state index contributed by atoms with van der Waals surface area (Å²) < 4.78 is 34.7. The zero-order chi connectivity index (χ0) is 16.7. The van der Waals surface area contributed by atoms with E-state index >= 15 is 0 Å². The molecule has 2 heterocycles. The van der Waals surface area contributed by atoms with Crippen LogP contribution < -0.4 is 0 Å². The Hall–Kier alpha value is -0.790. The Morgan fingerprint density at radius 2 is 1.91 bits per heavy atom. The lowest BCUT2D eigenvalue weighted by Crippen LogP contribution is -2.59. The zero-order valence-corrected chi connectivity index (χ0v) is 13.2. The van der Waals surface area contributed by atoms with Crippen molar-refractivity contribution < 1.29 is 28.5 Å². The van der Waals surface area contributed by atoms with E-state index in [0.717, 1.165) is 0 Å². The molecular formula is C16H25F2NO4. The van der Waals surface area contributed by atoms with Crippen LogP contribution in [0.5, 0.6) is 0 Å². The van der Waals surface area contributed by atoms with Gasteiger partial charge in [0.2, 0.25) is 0 Å². The standard InChI is InChI=1S/C16H25F2NO4/c17-16(18,15(22)6-1-2-7-15)14(21)19-8-3-4-12(19)11-10-23-9-5-13(11)20/h11-13,20,22H,1-10H2. The quantitative estimate of drug-likeness (QED) is 0.817. The van der Waals surface area contributed by atoms with Crippen molar-refractivity contribution in [1.82, 2.24) is 4.90 Å². The minimum Gasteiger partial charge on any atom is -0.393 e. The minimum atomic E-state index is -3.77. The SMILES string of the molecule is O=C(N1CCCC1C1COCCC1O)C(F)(F)C1(O)CCCC1. The molecule has 3 rings (SSSR count). The second kappa shape index (κ2) is 6.26. The number of halogens is 2. The first-order valence-electron chi connectivity index (χ1n) is 8.54. The topological polar surface area (TPSA) is 70.0 Å². The number of carbonyl (C=O) groups is 1. The molecule has 2 N–H and O–H groups in total. The second-order valence-electron chi connectivity index (χ2n) is 7.12. The number of nitrogens with zero attached hydrogens (tertiary/aromatic N) is 1. The average molecular weight is 333 g/mol. The van der Waals surface area contributed by atoms with Gasteiger partial charge in [-0.25, -0.2) is 0 Å². The molecule has 2 saturated heterocycles. The molecule has 1 saturated carbocycles. The number of amides is 1. The fraction of sp³-hybridized carbons (Fsp3) is 0.938. The number of aliphatic hydroxyl groups is 2. The van der Waals surface area contributed by atoms with E-state index in [4.69, 9.17) is 4.74 Å². The highest BCUT2D eigenvalue weighted by molar-refractivity contribution is 5.85. The molecule has 132 valence electrons. The molecule has 7 heteroatoms. The molecule has 0 aromatic carbocycles. The van der Waals surface area contributed by atoms with Gasteiger partial charge in [0.1, 0.15) is 5.60 Å². The summed E-state index contributed by atoms with van der Waals surface area (Å²) in [5.41, 5.74) is -2.22. The molecule has 0 spiro atoms. The fourth-order valence-corrected chi connectivity index (χ4v) is 4.26. The van der Waals surface area contributed by atoms with E-state index < -0.39 is 29.6 Å². The van der Waals surface area contributed by atoms with Crippen LogP contribution in [0.1, 0.15) is 44.9 Å². The molecule has 3 unspecified atom stereocenters. The number of alkyl halides is 2. The first-order valence-corrected chi connectivity index (χ1v) is 8.54. The van der Waals surface area contributed by atoms with Crippen molar-refractivity contribution in [2.24, 2.45) is 5.92 Å². The molecule has 3 aliphatic rings. The first kappa shape index (κ1) is 17.0. The van der Waals surface area contributed by atoms with Crippen LogP contribution in [-0.4, -0.2) is 64.4 Å². The second-order valence-corrected chi connectivity index (χ2v) is 7.12. The van der Waals surface area contributed by atoms with Crippen LogP contribution in [0.3, 0.4) is 0 Å². The van der Waals surface area contributed by atoms with Gasteiger partial charge in [0.05, 0.1) is 12.7 Å². The van der Waals surface area contributed by atoms with E-state index in [9.17, 15) is 23.8 Å². The van der Waals surface area contributed by atoms with Gasteiger partial charge in [-0.3, -0.25) is 4.79 Å². The first-order chi connectivity index (χ1) is 10.9. The summed E-state index contributed by atoms with van der Waals surface area (Å²) in [7, 11) is 0. The molecule has 1 amide bonds. The van der Waals surface area contributed by atoms with Gasteiger partial charge in [0.15, 0.2) is 0 Å². The van der Waals surface area contributed by atoms with Crippen LogP contribution in [0, 0.1) is 5.92 Å². The molecule has 5 nitrogen and oxygen atoms in total. The van der Waals surface area contributed by atoms with Crippen LogP contribution in [0.4, 0.5) is 8.78 Å². The van der Waals surface area contributed by atoms with Crippen molar-refractivity contribution in [3.05, 3.63) is 0 Å². The van der Waals surface area contributed by atoms with Gasteiger partial charge in [-0.1, -0.05) is 12.8 Å². The normalized spacial score (nSPS) is 34.8. The Kier molecular flexibility index (Phi) is 4.64. The van der Waals surface area contributed by atoms with Crippen LogP contribution in [0.2, 0.25) is 0 Å². The number of ether oxygens (including phenoxy) is 1. The van der Waals surface area contributed by atoms with E-state index in [1.807, 2.05) is 0 Å². The maximum Gasteiger partial charge on any atom is 0.352 e. The van der Waals surface area contributed by atoms with Crippen molar-refractivity contribution in [2.75, 3.05) is 19.8 Å². The highest BCUT2D eigenvalue weighted by Crippen LogP contribution is 2.44. The number of rotatable bonds is 3. The lowest BCUT2D eigenvalue weighted by molar-refractivity contribution is -0.203. The summed E-state index contributed by atoms with van der Waals surface area (Å²) in [6.45, 7) is 0.984. The number of likely N-dealkylation sites (tertiary alicyclic amines) is 1. The van der Waals surface area contributed by atoms with Crippen molar-refractivity contribution in [3.63, 3.8) is 0 Å². The maximum absolute atomic E-state index is 14.7. The van der Waals surface area contributed by atoms with Gasteiger partial charge < -0.3 is 19.8 Å². The Morgan fingerprint density at radius 3 is 2.57 bits per heavy atom. The summed E-state index contributed by atoms with van der Waals surface area (Å²) in [5, 5.41) is 20.4. The van der Waals surface area contributed by atoms with Crippen LogP contribution in [-0.2, 0) is 9.53 Å². The average Bonchev–Trinajstić information content (AvgIpc) is 3.16. The zero-order valence-electron chi connectivity index (χ0n) is 13.2. The van der Waals surface area contributed by atoms with E-state index in [1.165, 1.54) is 4.90 Å². The Balaban J connectivity index is 1.77. The molecular weight excluding hydrogens is 308 g/mol. The summed E-state index contributed by atoms with van der Waals surface area (Å²) in [4.78, 5) is 13.7. The van der Waals surface area contributed by atoms with Crippen molar-refractivity contribution in [2.45, 2.75) is 68.6 Å². The van der Waals surface area contributed by atoms with Crippen molar-refractivity contribution in [1.29, 1.82) is 0 Å². The lowest BCUT2D eigenvalue weighted by atomic mass is 9.88. The summed E-state index contributed by atoms with van der Waals surface area (Å²) >= 11 is 0. The third-order valence-corrected chi connectivity index (χ3v) is 5.70. The van der Waals surface area contributed by atoms with Gasteiger partial charge in [0, 0.05) is 25.1 Å². The molecule has 0 bridgehead atoms. The highest BCUT2D eigenvalue weighted by atomic mass is 19.3. The van der Waals surface area contributed by atoms with Gasteiger partial charge in [0.25, 0.3) is 5.91 Å². The Morgan fingerprint density at radius 1 is 1.22 bits per heavy atom. The Bertz CT molecular complexity index is 453. The van der Waals surface area contributed by atoms with Gasteiger partial charge in [-0.15, -0.1) is 0 Å². The monoisotopic (exact) mass is 333 g/mol. The van der Waals surface area contributed by atoms with E-state index in [-0.39, 0.29) is 31.9 Å². The van der Waals surface area contributed by atoms with E-state index in [0.29, 0.717) is 38.7 Å². The number of carbonyl (C=O) groups excluding carboxylic acids is 1. The molecule has 1 aliphatic carbocycles. The molecule has 0 aromatic heterocycles. The van der Waals surface area contributed by atoms with Crippen molar-refractivity contribution >= 4 is 5.91 Å². The number of hydrogen-bond acceptors (Lipinski definition) is 4. The third kappa shape index (κ3) is 2.87. The largest absolute Gasteiger partial charge is 0.393 e. The molecule has 0 radical (unpaired) electrons. The van der Waals surface area contributed by atoms with Crippen LogP contribution in [0.15, 0.2) is 0 Å². The lowest BCUT2D eigenvalue weighted by Gasteiger charge is -2.40. The summed E-state index contributed by atoms with van der Waals surface area (Å²) in [6, 6.07) is -0.436. The highest BCUT2D eigenvalue weighted by Gasteiger charge is 2.61. The van der Waals surface area contributed by atoms with Gasteiger partial charge in [-0.05, 0) is 32.1 Å². The van der Waals surface area contributed by atoms with E-state index in [1.54, 1.807) is 0 Å². The molecule has 3 fully saturated rings. The molecule has 2 aliphatic heterocycles.